The summed E-state index contributed by atoms with van der Waals surface area (Å²) in [5.41, 5.74) is 11.4. The second kappa shape index (κ2) is 14.4. The third-order valence-electron chi connectivity index (χ3n) is 5.62. The second-order valence-electron chi connectivity index (χ2n) is 9.04. The average molecular weight is 517 g/mol. The highest BCUT2D eigenvalue weighted by molar-refractivity contribution is 5.96. The maximum Gasteiger partial charge on any atom is 0.243 e. The zero-order chi connectivity index (χ0) is 27.4. The summed E-state index contributed by atoms with van der Waals surface area (Å²) >= 11 is 0. The van der Waals surface area contributed by atoms with E-state index in [0.29, 0.717) is 6.42 Å². The predicted octanol–water partition coefficient (Wildman–Crippen LogP) is -2.36. The van der Waals surface area contributed by atoms with Crippen molar-refractivity contribution in [3.63, 3.8) is 0 Å². The molecule has 13 nitrogen and oxygen atoms in total. The molecule has 1 aliphatic rings. The van der Waals surface area contributed by atoms with E-state index in [1.54, 1.807) is 13.8 Å². The third-order valence-corrected chi connectivity index (χ3v) is 5.62. The minimum atomic E-state index is -0.999. The average Bonchev–Trinajstić information content (AvgIpc) is 2.85. The van der Waals surface area contributed by atoms with Gasteiger partial charge in [0.1, 0.15) is 18.1 Å². The molecule has 1 aliphatic heterocycles. The molecule has 9 N–H and O–H groups in total. The second-order valence-corrected chi connectivity index (χ2v) is 9.04. The van der Waals surface area contributed by atoms with Crippen LogP contribution in [-0.2, 0) is 30.4 Å². The van der Waals surface area contributed by atoms with E-state index in [0.717, 1.165) is 5.56 Å². The van der Waals surface area contributed by atoms with E-state index in [4.69, 9.17) is 11.5 Å². The summed E-state index contributed by atoms with van der Waals surface area (Å²) in [6.45, 7) is 2.92. The monoisotopic (exact) mass is 516 g/mol. The molecule has 3 atom stereocenters. The van der Waals surface area contributed by atoms with Crippen molar-refractivity contribution < 1.29 is 24.0 Å². The van der Waals surface area contributed by atoms with Crippen LogP contribution >= 0.6 is 0 Å². The number of rotatable bonds is 7. The summed E-state index contributed by atoms with van der Waals surface area (Å²) in [5.74, 6) is -3.33. The van der Waals surface area contributed by atoms with Gasteiger partial charge in [-0.3, -0.25) is 29.0 Å². The smallest absolute Gasteiger partial charge is 0.243 e. The maximum atomic E-state index is 13.1. The van der Waals surface area contributed by atoms with Crippen LogP contribution in [0.2, 0.25) is 0 Å². The van der Waals surface area contributed by atoms with Crippen LogP contribution in [0.1, 0.15) is 32.3 Å². The number of carbonyl (C=O) groups excluding carboxylic acids is 5. The molecular weight excluding hydrogens is 480 g/mol. The van der Waals surface area contributed by atoms with Gasteiger partial charge in [0, 0.05) is 13.0 Å². The van der Waals surface area contributed by atoms with E-state index < -0.39 is 60.8 Å². The highest BCUT2D eigenvalue weighted by atomic mass is 16.2. The molecule has 13 heteroatoms. The fraction of sp³-hybridized carbons (Fsp3) is 0.500. The lowest BCUT2D eigenvalue weighted by molar-refractivity contribution is -0.133. The fourth-order valence-corrected chi connectivity index (χ4v) is 3.68. The highest BCUT2D eigenvalue weighted by Gasteiger charge is 2.30. The molecule has 5 amide bonds. The largest absolute Gasteiger partial charge is 0.370 e. The third kappa shape index (κ3) is 10.2. The van der Waals surface area contributed by atoms with Crippen molar-refractivity contribution in [2.45, 2.75) is 51.2 Å². The van der Waals surface area contributed by atoms with Gasteiger partial charge in [-0.2, -0.15) is 0 Å². The zero-order valence-corrected chi connectivity index (χ0v) is 21.1. The number of nitrogens with one attached hydrogen (secondary N) is 5. The molecule has 1 heterocycles. The first-order valence-corrected chi connectivity index (χ1v) is 12.1. The molecule has 1 aromatic carbocycles. The van der Waals surface area contributed by atoms with Crippen molar-refractivity contribution in [1.82, 2.24) is 26.6 Å². The van der Waals surface area contributed by atoms with Gasteiger partial charge < -0.3 is 38.1 Å². The number of hydrogen-bond acceptors (Lipinski definition) is 6. The molecule has 0 radical (unpaired) electrons. The Morgan fingerprint density at radius 1 is 0.865 bits per heavy atom. The molecule has 0 bridgehead atoms. The Balaban J connectivity index is 2.25. The lowest BCUT2D eigenvalue weighted by atomic mass is 10.0. The normalized spacial score (nSPS) is 21.9. The summed E-state index contributed by atoms with van der Waals surface area (Å²) in [6, 6.07) is 6.14. The number of nitrogens with two attached hydrogens (primary N) is 2. The van der Waals surface area contributed by atoms with Crippen LogP contribution in [-0.4, -0.2) is 73.3 Å². The minimum absolute atomic E-state index is 0.0946. The summed E-state index contributed by atoms with van der Waals surface area (Å²) < 4.78 is 0. The number of amides is 5. The fourth-order valence-electron chi connectivity index (χ4n) is 3.68. The van der Waals surface area contributed by atoms with Crippen LogP contribution in [0.4, 0.5) is 0 Å². The number of carbonyl (C=O) groups is 5. The van der Waals surface area contributed by atoms with Gasteiger partial charge in [-0.25, -0.2) is 0 Å². The molecule has 0 aliphatic carbocycles. The number of guanidine groups is 1. The molecule has 2 rings (SSSR count). The minimum Gasteiger partial charge on any atom is -0.370 e. The van der Waals surface area contributed by atoms with Crippen molar-refractivity contribution in [3.05, 3.63) is 35.9 Å². The van der Waals surface area contributed by atoms with E-state index in [9.17, 15) is 24.0 Å². The zero-order valence-electron chi connectivity index (χ0n) is 21.1. The van der Waals surface area contributed by atoms with Crippen LogP contribution in [0.5, 0.6) is 0 Å². The summed E-state index contributed by atoms with van der Waals surface area (Å²) in [7, 11) is 0. The SMILES string of the molecule is CC(C)[C@@H]1NC(=O)[C@@H](Cc2ccccc2)NC(=O)CNC(=O)[C@H](CCCN=C(N)N)NC(=O)CNC1=O. The molecule has 1 aromatic rings. The standard InChI is InChI=1S/C24H36N8O5/c1-14(2)20-23(37)29-13-18(33)30-16(9-6-10-27-24(25)26)21(35)28-12-19(34)31-17(22(36)32-20)11-15-7-4-3-5-8-15/h3-5,7-8,14,16-17,20H,6,9-13H2,1-2H3,(H,28,35)(H,29,37)(H,30,33)(H,31,34)(H,32,36)(H4,25,26,27)/t16-,17+,20-/m0/s1. The van der Waals surface area contributed by atoms with Gasteiger partial charge in [0.15, 0.2) is 5.96 Å². The van der Waals surface area contributed by atoms with Crippen molar-refractivity contribution in [1.29, 1.82) is 0 Å². The van der Waals surface area contributed by atoms with Gasteiger partial charge in [0.2, 0.25) is 29.5 Å². The van der Waals surface area contributed by atoms with E-state index in [2.05, 4.69) is 31.6 Å². The lowest BCUT2D eigenvalue weighted by Gasteiger charge is -2.25. The Bertz CT molecular complexity index is 994. The van der Waals surface area contributed by atoms with Crippen LogP contribution in [0.25, 0.3) is 0 Å². The molecule has 37 heavy (non-hydrogen) atoms. The first-order chi connectivity index (χ1) is 17.6. The molecular formula is C24H36N8O5. The number of nitrogens with zero attached hydrogens (tertiary/aromatic N) is 1. The van der Waals surface area contributed by atoms with Crippen LogP contribution in [0.15, 0.2) is 35.3 Å². The lowest BCUT2D eigenvalue weighted by Crippen LogP contribution is -2.57. The summed E-state index contributed by atoms with van der Waals surface area (Å²) in [5, 5.41) is 12.9. The molecule has 0 aromatic heterocycles. The van der Waals surface area contributed by atoms with Gasteiger partial charge in [0.05, 0.1) is 13.1 Å². The van der Waals surface area contributed by atoms with Crippen molar-refractivity contribution in [2.24, 2.45) is 22.4 Å². The van der Waals surface area contributed by atoms with Crippen molar-refractivity contribution in [2.75, 3.05) is 19.6 Å². The Morgan fingerprint density at radius 3 is 2.05 bits per heavy atom. The van der Waals surface area contributed by atoms with E-state index in [1.807, 2.05) is 30.3 Å². The van der Waals surface area contributed by atoms with Gasteiger partial charge >= 0.3 is 0 Å². The summed E-state index contributed by atoms with van der Waals surface area (Å²) in [6.07, 6.45) is 0.739. The van der Waals surface area contributed by atoms with Crippen LogP contribution in [0, 0.1) is 5.92 Å². The van der Waals surface area contributed by atoms with Gasteiger partial charge in [-0.15, -0.1) is 0 Å². The Hall–Kier alpha value is -4.16. The Morgan fingerprint density at radius 2 is 1.46 bits per heavy atom. The van der Waals surface area contributed by atoms with Crippen LogP contribution < -0.4 is 38.1 Å². The van der Waals surface area contributed by atoms with Crippen molar-refractivity contribution in [3.8, 4) is 0 Å². The van der Waals surface area contributed by atoms with Gasteiger partial charge in [0.25, 0.3) is 0 Å². The number of aliphatic imine (C=N–C) groups is 1. The van der Waals surface area contributed by atoms with E-state index >= 15 is 0 Å². The van der Waals surface area contributed by atoms with Crippen molar-refractivity contribution >= 4 is 35.5 Å². The quantitative estimate of drug-likeness (QED) is 0.119. The number of hydrogen-bond donors (Lipinski definition) is 7. The number of benzene rings is 1. The Labute approximate surface area is 215 Å². The first kappa shape index (κ1) is 29.1. The Kier molecular flexibility index (Phi) is 11.3. The topological polar surface area (TPSA) is 210 Å². The van der Waals surface area contributed by atoms with Gasteiger partial charge in [-0.1, -0.05) is 44.2 Å². The highest BCUT2D eigenvalue weighted by Crippen LogP contribution is 2.07. The summed E-state index contributed by atoms with van der Waals surface area (Å²) in [4.78, 5) is 67.7. The van der Waals surface area contributed by atoms with E-state index in [-0.39, 0.29) is 31.3 Å². The molecule has 0 unspecified atom stereocenters. The maximum absolute atomic E-state index is 13.1. The molecule has 202 valence electrons. The molecule has 1 fully saturated rings. The predicted molar refractivity (Wildman–Crippen MR) is 137 cm³/mol. The van der Waals surface area contributed by atoms with Gasteiger partial charge in [-0.05, 0) is 24.3 Å². The molecule has 0 saturated carbocycles. The molecule has 1 saturated heterocycles. The first-order valence-electron chi connectivity index (χ1n) is 12.1. The van der Waals surface area contributed by atoms with Crippen LogP contribution in [0.3, 0.4) is 0 Å². The molecule has 0 spiro atoms. The van der Waals surface area contributed by atoms with E-state index in [1.165, 1.54) is 0 Å².